The molecule has 2 nitrogen and oxygen atoms in total. The summed E-state index contributed by atoms with van der Waals surface area (Å²) >= 11 is 0. The van der Waals surface area contributed by atoms with E-state index in [2.05, 4.69) is 10.3 Å². The van der Waals surface area contributed by atoms with E-state index in [0.29, 0.717) is 6.54 Å². The predicted octanol–water partition coefficient (Wildman–Crippen LogP) is 3.95. The molecule has 0 aromatic carbocycles. The molecule has 0 aliphatic carbocycles. The first-order chi connectivity index (χ1) is 7.70. The topological polar surface area (TPSA) is 24.9 Å². The number of hydrogen-bond acceptors (Lipinski definition) is 2. The molecule has 0 saturated carbocycles. The molecule has 0 bridgehead atoms. The minimum Gasteiger partial charge on any atom is -0.370 e. The second-order valence-electron chi connectivity index (χ2n) is 5.13. The molecule has 0 aliphatic rings. The Kier molecular flexibility index (Phi) is 4.01. The van der Waals surface area contributed by atoms with Gasteiger partial charge < -0.3 is 5.32 Å². The van der Waals surface area contributed by atoms with Crippen LogP contribution >= 0.6 is 0 Å². The maximum Gasteiger partial charge on any atom is 0.419 e. The molecule has 1 heterocycles. The van der Waals surface area contributed by atoms with Gasteiger partial charge in [-0.25, -0.2) is 4.98 Å². The number of nitrogens with one attached hydrogen (secondary N) is 1. The lowest BCUT2D eigenvalue weighted by Crippen LogP contribution is -2.16. The Morgan fingerprint density at radius 3 is 2.41 bits per heavy atom. The molecule has 0 unspecified atom stereocenters. The molecule has 96 valence electrons. The molecule has 0 aliphatic heterocycles. The Morgan fingerprint density at radius 1 is 1.24 bits per heavy atom. The molecule has 0 radical (unpaired) electrons. The Morgan fingerprint density at radius 2 is 1.88 bits per heavy atom. The average molecular weight is 246 g/mol. The van der Waals surface area contributed by atoms with Crippen molar-refractivity contribution in [2.75, 3.05) is 11.9 Å². The van der Waals surface area contributed by atoms with E-state index in [4.69, 9.17) is 0 Å². The van der Waals surface area contributed by atoms with Crippen molar-refractivity contribution in [2.24, 2.45) is 5.41 Å². The quantitative estimate of drug-likeness (QED) is 0.873. The highest BCUT2D eigenvalue weighted by Crippen LogP contribution is 2.33. The van der Waals surface area contributed by atoms with Crippen molar-refractivity contribution < 1.29 is 13.2 Å². The van der Waals surface area contributed by atoms with Crippen molar-refractivity contribution in [3.63, 3.8) is 0 Å². The first-order valence-electron chi connectivity index (χ1n) is 5.46. The summed E-state index contributed by atoms with van der Waals surface area (Å²) in [6.45, 7) is 6.59. The van der Waals surface area contributed by atoms with Crippen molar-refractivity contribution in [1.29, 1.82) is 0 Å². The second-order valence-corrected chi connectivity index (χ2v) is 5.13. The molecule has 1 rings (SSSR count). The van der Waals surface area contributed by atoms with Crippen LogP contribution in [0.25, 0.3) is 0 Å². The van der Waals surface area contributed by atoms with Gasteiger partial charge in [-0.1, -0.05) is 20.8 Å². The fraction of sp³-hybridized carbons (Fsp3) is 0.583. The van der Waals surface area contributed by atoms with Crippen molar-refractivity contribution in [2.45, 2.75) is 33.4 Å². The van der Waals surface area contributed by atoms with E-state index in [0.717, 1.165) is 12.5 Å². The smallest absolute Gasteiger partial charge is 0.370 e. The molecule has 17 heavy (non-hydrogen) atoms. The highest BCUT2D eigenvalue weighted by atomic mass is 19.4. The van der Waals surface area contributed by atoms with Gasteiger partial charge in [0.25, 0.3) is 0 Å². The zero-order valence-electron chi connectivity index (χ0n) is 10.2. The minimum absolute atomic E-state index is 0.0835. The zero-order valence-corrected chi connectivity index (χ0v) is 10.2. The summed E-state index contributed by atoms with van der Waals surface area (Å²) in [5.41, 5.74) is -0.630. The molecule has 0 spiro atoms. The van der Waals surface area contributed by atoms with Crippen LogP contribution < -0.4 is 5.32 Å². The van der Waals surface area contributed by atoms with Crippen molar-refractivity contribution >= 4 is 5.82 Å². The summed E-state index contributed by atoms with van der Waals surface area (Å²) in [6, 6.07) is 2.32. The number of halogens is 3. The van der Waals surface area contributed by atoms with Crippen molar-refractivity contribution in [3.05, 3.63) is 23.9 Å². The Labute approximate surface area is 99.3 Å². The number of aromatic nitrogens is 1. The van der Waals surface area contributed by atoms with Gasteiger partial charge in [0.15, 0.2) is 0 Å². The van der Waals surface area contributed by atoms with Gasteiger partial charge in [-0.15, -0.1) is 0 Å². The molecule has 0 fully saturated rings. The average Bonchev–Trinajstić information content (AvgIpc) is 2.15. The SMILES string of the molecule is CC(C)(C)CCNc1ncccc1C(F)(F)F. The van der Waals surface area contributed by atoms with Gasteiger partial charge in [0.05, 0.1) is 5.56 Å². The predicted molar refractivity (Wildman–Crippen MR) is 61.8 cm³/mol. The summed E-state index contributed by atoms with van der Waals surface area (Å²) in [5, 5.41) is 2.75. The van der Waals surface area contributed by atoms with Crippen LogP contribution in [0.5, 0.6) is 0 Å². The molecular weight excluding hydrogens is 229 g/mol. The van der Waals surface area contributed by atoms with Crippen LogP contribution in [-0.2, 0) is 6.18 Å². The molecule has 0 saturated heterocycles. The van der Waals surface area contributed by atoms with E-state index in [9.17, 15) is 13.2 Å². The molecule has 0 atom stereocenters. The lowest BCUT2D eigenvalue weighted by Gasteiger charge is -2.19. The molecule has 0 amide bonds. The maximum atomic E-state index is 12.6. The summed E-state index contributed by atoms with van der Waals surface area (Å²) in [4.78, 5) is 3.73. The largest absolute Gasteiger partial charge is 0.419 e. The van der Waals surface area contributed by atoms with Crippen molar-refractivity contribution in [3.8, 4) is 0 Å². The van der Waals surface area contributed by atoms with E-state index in [-0.39, 0.29) is 11.2 Å². The summed E-state index contributed by atoms with van der Waals surface area (Å²) < 4.78 is 37.9. The number of hydrogen-bond donors (Lipinski definition) is 1. The van der Waals surface area contributed by atoms with E-state index in [1.807, 2.05) is 20.8 Å². The standard InChI is InChI=1S/C12H17F3N2/c1-11(2,3)6-8-17-10-9(12(13,14)15)5-4-7-16-10/h4-5,7H,6,8H2,1-3H3,(H,16,17). The van der Waals surface area contributed by atoms with Crippen molar-refractivity contribution in [1.82, 2.24) is 4.98 Å². The first kappa shape index (κ1) is 13.8. The van der Waals surface area contributed by atoms with Gasteiger partial charge in [-0.2, -0.15) is 13.2 Å². The van der Waals surface area contributed by atoms with E-state index < -0.39 is 11.7 Å². The third-order valence-electron chi connectivity index (χ3n) is 2.28. The highest BCUT2D eigenvalue weighted by Gasteiger charge is 2.33. The van der Waals surface area contributed by atoms with Gasteiger partial charge in [-0.05, 0) is 24.0 Å². The van der Waals surface area contributed by atoms with E-state index >= 15 is 0 Å². The number of anilines is 1. The van der Waals surface area contributed by atoms with Crippen LogP contribution in [0, 0.1) is 5.41 Å². The van der Waals surface area contributed by atoms with Crippen LogP contribution in [0.1, 0.15) is 32.8 Å². The minimum atomic E-state index is -4.36. The number of pyridine rings is 1. The third kappa shape index (κ3) is 4.63. The molecule has 5 heteroatoms. The molecule has 1 N–H and O–H groups in total. The van der Waals surface area contributed by atoms with Crippen LogP contribution in [0.3, 0.4) is 0 Å². The lowest BCUT2D eigenvalue weighted by molar-refractivity contribution is -0.137. The fourth-order valence-corrected chi connectivity index (χ4v) is 1.33. The van der Waals surface area contributed by atoms with E-state index in [1.165, 1.54) is 12.3 Å². The second kappa shape index (κ2) is 4.94. The van der Waals surface area contributed by atoms with Gasteiger partial charge >= 0.3 is 6.18 Å². The Hall–Kier alpha value is -1.26. The molecule has 1 aromatic rings. The number of alkyl halides is 3. The Balaban J connectivity index is 2.72. The summed E-state index contributed by atoms with van der Waals surface area (Å²) in [7, 11) is 0. The normalized spacial score (nSPS) is 12.6. The van der Waals surface area contributed by atoms with Crippen LogP contribution in [-0.4, -0.2) is 11.5 Å². The first-order valence-corrected chi connectivity index (χ1v) is 5.46. The monoisotopic (exact) mass is 246 g/mol. The molecule has 1 aromatic heterocycles. The van der Waals surface area contributed by atoms with E-state index in [1.54, 1.807) is 0 Å². The van der Waals surface area contributed by atoms with Crippen LogP contribution in [0.2, 0.25) is 0 Å². The highest BCUT2D eigenvalue weighted by molar-refractivity contribution is 5.45. The lowest BCUT2D eigenvalue weighted by atomic mass is 9.92. The van der Waals surface area contributed by atoms with Gasteiger partial charge in [0, 0.05) is 12.7 Å². The van der Waals surface area contributed by atoms with Crippen LogP contribution in [0.4, 0.5) is 19.0 Å². The van der Waals surface area contributed by atoms with Gasteiger partial charge in [-0.3, -0.25) is 0 Å². The molecular formula is C12H17F3N2. The number of nitrogens with zero attached hydrogens (tertiary/aromatic N) is 1. The summed E-state index contributed by atoms with van der Waals surface area (Å²) in [5.74, 6) is -0.0933. The zero-order chi connectivity index (χ0) is 13.1. The van der Waals surface area contributed by atoms with Gasteiger partial charge in [0.2, 0.25) is 0 Å². The summed E-state index contributed by atoms with van der Waals surface area (Å²) in [6.07, 6.45) is -2.23. The maximum absolute atomic E-state index is 12.6. The fourth-order valence-electron chi connectivity index (χ4n) is 1.33. The third-order valence-corrected chi connectivity index (χ3v) is 2.28. The Bertz CT molecular complexity index is 367. The van der Waals surface area contributed by atoms with Crippen LogP contribution in [0.15, 0.2) is 18.3 Å². The van der Waals surface area contributed by atoms with Gasteiger partial charge in [0.1, 0.15) is 5.82 Å². The number of rotatable bonds is 3.